The van der Waals surface area contributed by atoms with E-state index in [1.807, 2.05) is 0 Å². The quantitative estimate of drug-likeness (QED) is 0.844. The molecule has 0 saturated carbocycles. The number of alkyl halides is 1. The molecule has 1 rings (SSSR count). The monoisotopic (exact) mass is 321 g/mol. The lowest BCUT2D eigenvalue weighted by Gasteiger charge is -2.29. The highest BCUT2D eigenvalue weighted by molar-refractivity contribution is 9.10. The van der Waals surface area contributed by atoms with Crippen LogP contribution in [0.5, 0.6) is 0 Å². The Kier molecular flexibility index (Phi) is 4.55. The van der Waals surface area contributed by atoms with Crippen LogP contribution in [0, 0.1) is 5.82 Å². The van der Waals surface area contributed by atoms with Crippen molar-refractivity contribution in [2.24, 2.45) is 0 Å². The van der Waals surface area contributed by atoms with Crippen molar-refractivity contribution >= 4 is 33.4 Å². The predicted octanol–water partition coefficient (Wildman–Crippen LogP) is 3.72. The molecule has 94 valence electrons. The van der Waals surface area contributed by atoms with Gasteiger partial charge in [-0.15, -0.1) is 11.6 Å². The van der Waals surface area contributed by atoms with Crippen molar-refractivity contribution in [3.63, 3.8) is 0 Å². The molecule has 0 bridgehead atoms. The van der Waals surface area contributed by atoms with Crippen LogP contribution in [-0.2, 0) is 0 Å². The van der Waals surface area contributed by atoms with E-state index >= 15 is 0 Å². The van der Waals surface area contributed by atoms with Crippen LogP contribution < -0.4 is 5.32 Å². The highest BCUT2D eigenvalue weighted by Crippen LogP contribution is 2.20. The molecule has 5 heteroatoms. The second-order valence-electron chi connectivity index (χ2n) is 4.39. The van der Waals surface area contributed by atoms with E-state index in [1.165, 1.54) is 6.07 Å². The first kappa shape index (κ1) is 14.5. The number of nitrogens with one attached hydrogen (secondary N) is 1. The molecule has 1 atom stereocenters. The Morgan fingerprint density at radius 3 is 2.65 bits per heavy atom. The molecule has 0 aliphatic rings. The van der Waals surface area contributed by atoms with Gasteiger partial charge in [-0.05, 0) is 48.8 Å². The maximum atomic E-state index is 13.7. The van der Waals surface area contributed by atoms with E-state index < -0.39 is 17.3 Å². The Labute approximate surface area is 114 Å². The van der Waals surface area contributed by atoms with Gasteiger partial charge in [0.05, 0.1) is 21.0 Å². The van der Waals surface area contributed by atoms with Crippen LogP contribution >= 0.6 is 27.5 Å². The maximum Gasteiger partial charge on any atom is 0.254 e. The van der Waals surface area contributed by atoms with Crippen molar-refractivity contribution in [2.75, 3.05) is 0 Å². The van der Waals surface area contributed by atoms with Crippen LogP contribution in [0.1, 0.15) is 31.1 Å². The van der Waals surface area contributed by atoms with Gasteiger partial charge in [-0.1, -0.05) is 6.07 Å². The second kappa shape index (κ2) is 5.36. The fourth-order valence-electron chi connectivity index (χ4n) is 1.14. The van der Waals surface area contributed by atoms with E-state index in [0.29, 0.717) is 0 Å². The molecular weight excluding hydrogens is 308 g/mol. The average Bonchev–Trinajstić information content (AvgIpc) is 2.21. The van der Waals surface area contributed by atoms with E-state index in [2.05, 4.69) is 21.2 Å². The minimum absolute atomic E-state index is 0.00441. The van der Waals surface area contributed by atoms with Gasteiger partial charge in [0.2, 0.25) is 0 Å². The minimum Gasteiger partial charge on any atom is -0.346 e. The minimum atomic E-state index is -0.604. The fourth-order valence-corrected chi connectivity index (χ4v) is 1.56. The summed E-state index contributed by atoms with van der Waals surface area (Å²) < 4.78 is 14.0. The Morgan fingerprint density at radius 1 is 1.53 bits per heavy atom. The van der Waals surface area contributed by atoms with E-state index in [0.717, 1.165) is 0 Å². The molecule has 17 heavy (non-hydrogen) atoms. The number of amides is 1. The van der Waals surface area contributed by atoms with Crippen LogP contribution in [-0.4, -0.2) is 16.8 Å². The molecule has 0 spiro atoms. The van der Waals surface area contributed by atoms with Crippen molar-refractivity contribution in [3.05, 3.63) is 34.1 Å². The van der Waals surface area contributed by atoms with Gasteiger partial charge in [-0.2, -0.15) is 0 Å². The van der Waals surface area contributed by atoms with Gasteiger partial charge in [0.15, 0.2) is 0 Å². The highest BCUT2D eigenvalue weighted by Gasteiger charge is 2.27. The molecule has 0 fully saturated rings. The SMILES string of the molecule is CC(Cl)C(C)(C)NC(=O)c1cccc(Br)c1F. The zero-order valence-electron chi connectivity index (χ0n) is 9.85. The molecule has 1 aromatic carbocycles. The number of rotatable bonds is 3. The summed E-state index contributed by atoms with van der Waals surface area (Å²) in [6, 6.07) is 4.59. The number of hydrogen-bond acceptors (Lipinski definition) is 1. The third-order valence-corrected chi connectivity index (χ3v) is 3.78. The molecular formula is C12H14BrClFNO. The van der Waals surface area contributed by atoms with Crippen molar-refractivity contribution in [1.82, 2.24) is 5.32 Å². The molecule has 1 N–H and O–H groups in total. The van der Waals surface area contributed by atoms with Crippen molar-refractivity contribution < 1.29 is 9.18 Å². The normalized spacial score (nSPS) is 13.3. The first-order chi connectivity index (χ1) is 7.75. The van der Waals surface area contributed by atoms with Crippen molar-refractivity contribution in [1.29, 1.82) is 0 Å². The summed E-state index contributed by atoms with van der Waals surface area (Å²) >= 11 is 9.00. The smallest absolute Gasteiger partial charge is 0.254 e. The number of benzene rings is 1. The lowest BCUT2D eigenvalue weighted by molar-refractivity contribution is 0.0908. The Hall–Kier alpha value is -0.610. The third kappa shape index (κ3) is 3.42. The third-order valence-electron chi connectivity index (χ3n) is 2.63. The van der Waals surface area contributed by atoms with Crippen LogP contribution in [0.4, 0.5) is 4.39 Å². The second-order valence-corrected chi connectivity index (χ2v) is 5.90. The summed E-state index contributed by atoms with van der Waals surface area (Å²) in [5.41, 5.74) is -0.599. The molecule has 1 aromatic rings. The van der Waals surface area contributed by atoms with Gasteiger partial charge < -0.3 is 5.32 Å². The zero-order valence-corrected chi connectivity index (χ0v) is 12.2. The molecule has 0 aliphatic carbocycles. The topological polar surface area (TPSA) is 29.1 Å². The number of carbonyl (C=O) groups excluding carboxylic acids is 1. The molecule has 0 aromatic heterocycles. The average molecular weight is 323 g/mol. The highest BCUT2D eigenvalue weighted by atomic mass is 79.9. The summed E-state index contributed by atoms with van der Waals surface area (Å²) in [6.45, 7) is 5.36. The van der Waals surface area contributed by atoms with Crippen molar-refractivity contribution in [3.8, 4) is 0 Å². The molecule has 2 nitrogen and oxygen atoms in total. The van der Waals surface area contributed by atoms with Crippen molar-refractivity contribution in [2.45, 2.75) is 31.7 Å². The van der Waals surface area contributed by atoms with Crippen LogP contribution in [0.3, 0.4) is 0 Å². The van der Waals surface area contributed by atoms with Gasteiger partial charge in [-0.25, -0.2) is 4.39 Å². The fraction of sp³-hybridized carbons (Fsp3) is 0.417. The molecule has 0 heterocycles. The first-order valence-electron chi connectivity index (χ1n) is 5.16. The van der Waals surface area contributed by atoms with E-state index in [4.69, 9.17) is 11.6 Å². The molecule has 0 saturated heterocycles. The lowest BCUT2D eigenvalue weighted by Crippen LogP contribution is -2.49. The largest absolute Gasteiger partial charge is 0.346 e. The molecule has 1 amide bonds. The molecule has 1 unspecified atom stereocenters. The Bertz CT molecular complexity index is 435. The van der Waals surface area contributed by atoms with E-state index in [-0.39, 0.29) is 15.4 Å². The number of carbonyl (C=O) groups is 1. The Balaban J connectivity index is 2.95. The Morgan fingerprint density at radius 2 is 2.12 bits per heavy atom. The summed E-state index contributed by atoms with van der Waals surface area (Å²) in [5.74, 6) is -1.04. The molecule has 0 aliphatic heterocycles. The maximum absolute atomic E-state index is 13.7. The van der Waals surface area contributed by atoms with Gasteiger partial charge >= 0.3 is 0 Å². The summed E-state index contributed by atoms with van der Waals surface area (Å²) in [4.78, 5) is 11.9. The summed E-state index contributed by atoms with van der Waals surface area (Å²) in [7, 11) is 0. The zero-order chi connectivity index (χ0) is 13.2. The standard InChI is InChI=1S/C12H14BrClFNO/c1-7(14)12(2,3)16-11(17)8-5-4-6-9(13)10(8)15/h4-7H,1-3H3,(H,16,17). The summed E-state index contributed by atoms with van der Waals surface area (Å²) in [6.07, 6.45) is 0. The van der Waals surface area contributed by atoms with Crippen LogP contribution in [0.15, 0.2) is 22.7 Å². The van der Waals surface area contributed by atoms with E-state index in [1.54, 1.807) is 32.9 Å². The molecule has 0 radical (unpaired) electrons. The lowest BCUT2D eigenvalue weighted by atomic mass is 10.0. The van der Waals surface area contributed by atoms with Gasteiger partial charge in [0, 0.05) is 0 Å². The summed E-state index contributed by atoms with van der Waals surface area (Å²) in [5, 5.41) is 2.45. The number of halogens is 3. The first-order valence-corrected chi connectivity index (χ1v) is 6.39. The predicted molar refractivity (Wildman–Crippen MR) is 71.0 cm³/mol. The number of hydrogen-bond donors (Lipinski definition) is 1. The van der Waals surface area contributed by atoms with Gasteiger partial charge in [0.1, 0.15) is 5.82 Å². The van der Waals surface area contributed by atoms with E-state index in [9.17, 15) is 9.18 Å². The van der Waals surface area contributed by atoms with Crippen LogP contribution in [0.2, 0.25) is 0 Å². The van der Waals surface area contributed by atoms with Gasteiger partial charge in [-0.3, -0.25) is 4.79 Å². The van der Waals surface area contributed by atoms with Gasteiger partial charge in [0.25, 0.3) is 5.91 Å². The van der Waals surface area contributed by atoms with Crippen LogP contribution in [0.25, 0.3) is 0 Å².